The molecule has 0 atom stereocenters. The first-order valence-corrected chi connectivity index (χ1v) is 5.46. The minimum absolute atomic E-state index is 0.0423. The molecule has 3 aromatic rings. The summed E-state index contributed by atoms with van der Waals surface area (Å²) in [5.74, 6) is -10.2. The Balaban J connectivity index is 2.71. The summed E-state index contributed by atoms with van der Waals surface area (Å²) in [4.78, 5) is 0. The molecule has 0 radical (unpaired) electrons. The van der Waals surface area contributed by atoms with Crippen LogP contribution in [0.3, 0.4) is 0 Å². The summed E-state index contributed by atoms with van der Waals surface area (Å²) in [6.45, 7) is 0. The molecule has 102 valence electrons. The number of hydrogen-bond donors (Lipinski definition) is 0. The van der Waals surface area contributed by atoms with Crippen molar-refractivity contribution < 1.29 is 26.3 Å². The second-order valence-electron chi connectivity index (χ2n) is 4.20. The van der Waals surface area contributed by atoms with Crippen molar-refractivity contribution >= 4 is 21.5 Å². The Morgan fingerprint density at radius 3 is 1.80 bits per heavy atom. The first-order chi connectivity index (χ1) is 9.43. The van der Waals surface area contributed by atoms with Crippen molar-refractivity contribution in [2.75, 3.05) is 0 Å². The molecular formula is C14H4F6. The maximum Gasteiger partial charge on any atom is 0.198 e. The Bertz CT molecular complexity index is 869. The number of halogens is 6. The van der Waals surface area contributed by atoms with E-state index in [0.29, 0.717) is 0 Å². The molecule has 0 unspecified atom stereocenters. The standard InChI is InChI=1S/C14H4F6/c15-7-4-2-5-1-3-6-9(8(5)11(7)17)12(18)14(20)13(19)10(6)16/h1-4H. The van der Waals surface area contributed by atoms with Gasteiger partial charge in [-0.1, -0.05) is 18.2 Å². The van der Waals surface area contributed by atoms with E-state index in [1.807, 2.05) is 0 Å². The third kappa shape index (κ3) is 1.51. The average molecular weight is 286 g/mol. The average Bonchev–Trinajstić information content (AvgIpc) is 2.45. The van der Waals surface area contributed by atoms with Gasteiger partial charge in [0.15, 0.2) is 34.9 Å². The van der Waals surface area contributed by atoms with Gasteiger partial charge in [0.1, 0.15) is 0 Å². The first kappa shape index (κ1) is 12.8. The van der Waals surface area contributed by atoms with Crippen LogP contribution in [0.1, 0.15) is 0 Å². The van der Waals surface area contributed by atoms with Gasteiger partial charge in [0.25, 0.3) is 0 Å². The zero-order valence-corrected chi connectivity index (χ0v) is 9.58. The Labute approximate surface area is 108 Å². The predicted molar refractivity (Wildman–Crippen MR) is 61.2 cm³/mol. The number of fused-ring (bicyclic) bond motifs is 3. The molecule has 3 aromatic carbocycles. The van der Waals surface area contributed by atoms with E-state index in [1.165, 1.54) is 6.07 Å². The summed E-state index contributed by atoms with van der Waals surface area (Å²) in [5, 5.41) is -2.06. The third-order valence-corrected chi connectivity index (χ3v) is 3.11. The van der Waals surface area contributed by atoms with Gasteiger partial charge in [-0.2, -0.15) is 0 Å². The quantitative estimate of drug-likeness (QED) is 0.240. The van der Waals surface area contributed by atoms with Crippen molar-refractivity contribution in [3.63, 3.8) is 0 Å². The second-order valence-corrected chi connectivity index (χ2v) is 4.20. The Kier molecular flexibility index (Phi) is 2.64. The minimum Gasteiger partial charge on any atom is -0.204 e. The van der Waals surface area contributed by atoms with Gasteiger partial charge < -0.3 is 0 Å². The molecule has 0 amide bonds. The predicted octanol–water partition coefficient (Wildman–Crippen LogP) is 4.83. The van der Waals surface area contributed by atoms with Crippen molar-refractivity contribution in [3.8, 4) is 0 Å². The smallest absolute Gasteiger partial charge is 0.198 e. The van der Waals surface area contributed by atoms with Gasteiger partial charge in [0, 0.05) is 16.2 Å². The maximum atomic E-state index is 13.8. The molecule has 0 saturated heterocycles. The molecule has 3 rings (SSSR count). The molecular weight excluding hydrogens is 282 g/mol. The minimum atomic E-state index is -2.06. The summed E-state index contributed by atoms with van der Waals surface area (Å²) in [5.41, 5.74) is 0. The Hall–Kier alpha value is -2.24. The summed E-state index contributed by atoms with van der Waals surface area (Å²) in [7, 11) is 0. The lowest BCUT2D eigenvalue weighted by molar-refractivity contribution is 0.418. The maximum absolute atomic E-state index is 13.8. The largest absolute Gasteiger partial charge is 0.204 e. The van der Waals surface area contributed by atoms with Crippen molar-refractivity contribution in [1.29, 1.82) is 0 Å². The molecule has 0 bridgehead atoms. The van der Waals surface area contributed by atoms with E-state index >= 15 is 0 Å². The molecule has 0 N–H and O–H groups in total. The van der Waals surface area contributed by atoms with E-state index in [-0.39, 0.29) is 5.39 Å². The van der Waals surface area contributed by atoms with Crippen molar-refractivity contribution in [2.24, 2.45) is 0 Å². The zero-order chi connectivity index (χ0) is 14.6. The normalized spacial score (nSPS) is 11.5. The highest BCUT2D eigenvalue weighted by Gasteiger charge is 2.23. The lowest BCUT2D eigenvalue weighted by Crippen LogP contribution is -2.00. The number of hydrogen-bond acceptors (Lipinski definition) is 0. The summed E-state index contributed by atoms with van der Waals surface area (Å²) >= 11 is 0. The lowest BCUT2D eigenvalue weighted by atomic mass is 10.00. The van der Waals surface area contributed by atoms with Gasteiger partial charge in [0.05, 0.1) is 0 Å². The molecule has 0 nitrogen and oxygen atoms in total. The van der Waals surface area contributed by atoms with Crippen LogP contribution in [0.25, 0.3) is 21.5 Å². The van der Waals surface area contributed by atoms with Crippen LogP contribution in [0.2, 0.25) is 0 Å². The highest BCUT2D eigenvalue weighted by atomic mass is 19.2. The first-order valence-electron chi connectivity index (χ1n) is 5.46. The molecule has 6 heteroatoms. The molecule has 0 aliphatic heterocycles. The topological polar surface area (TPSA) is 0 Å². The van der Waals surface area contributed by atoms with Crippen LogP contribution in [0, 0.1) is 34.9 Å². The summed E-state index contributed by atoms with van der Waals surface area (Å²) in [6, 6.07) is 4.08. The van der Waals surface area contributed by atoms with Gasteiger partial charge in [-0.3, -0.25) is 0 Å². The van der Waals surface area contributed by atoms with Crippen LogP contribution in [-0.4, -0.2) is 0 Å². The zero-order valence-electron chi connectivity index (χ0n) is 9.58. The molecule has 0 aliphatic rings. The molecule has 20 heavy (non-hydrogen) atoms. The van der Waals surface area contributed by atoms with E-state index in [4.69, 9.17) is 0 Å². The van der Waals surface area contributed by atoms with E-state index in [0.717, 1.165) is 18.2 Å². The molecule has 0 fully saturated rings. The van der Waals surface area contributed by atoms with Gasteiger partial charge in [-0.15, -0.1) is 0 Å². The van der Waals surface area contributed by atoms with E-state index in [1.54, 1.807) is 0 Å². The molecule has 0 spiro atoms. The van der Waals surface area contributed by atoms with Crippen molar-refractivity contribution in [2.45, 2.75) is 0 Å². The van der Waals surface area contributed by atoms with Crippen LogP contribution in [0.15, 0.2) is 24.3 Å². The third-order valence-electron chi connectivity index (χ3n) is 3.11. The Morgan fingerprint density at radius 1 is 0.500 bits per heavy atom. The summed E-state index contributed by atoms with van der Waals surface area (Å²) < 4.78 is 80.9. The lowest BCUT2D eigenvalue weighted by Gasteiger charge is -2.09. The molecule has 0 heterocycles. The molecule has 0 aromatic heterocycles. The van der Waals surface area contributed by atoms with Crippen LogP contribution in [0.4, 0.5) is 26.3 Å². The fourth-order valence-corrected chi connectivity index (χ4v) is 2.18. The van der Waals surface area contributed by atoms with Gasteiger partial charge in [-0.25, -0.2) is 26.3 Å². The summed E-state index contributed by atoms with van der Waals surface area (Å²) in [6.07, 6.45) is 0. The SMILES string of the molecule is Fc1ccc2ccc3c(F)c(F)c(F)c(F)c3c2c1F. The van der Waals surface area contributed by atoms with Gasteiger partial charge in [0.2, 0.25) is 0 Å². The van der Waals surface area contributed by atoms with Crippen LogP contribution < -0.4 is 0 Å². The fraction of sp³-hybridized carbons (Fsp3) is 0. The van der Waals surface area contributed by atoms with E-state index in [2.05, 4.69) is 0 Å². The van der Waals surface area contributed by atoms with Crippen LogP contribution >= 0.6 is 0 Å². The highest BCUT2D eigenvalue weighted by molar-refractivity contribution is 6.08. The second kappa shape index (κ2) is 4.13. The number of benzene rings is 3. The monoisotopic (exact) mass is 286 g/mol. The van der Waals surface area contributed by atoms with E-state index < -0.39 is 51.1 Å². The number of rotatable bonds is 0. The fourth-order valence-electron chi connectivity index (χ4n) is 2.18. The molecule has 0 aliphatic carbocycles. The van der Waals surface area contributed by atoms with Crippen LogP contribution in [0.5, 0.6) is 0 Å². The van der Waals surface area contributed by atoms with E-state index in [9.17, 15) is 26.3 Å². The molecule has 0 saturated carbocycles. The van der Waals surface area contributed by atoms with Crippen molar-refractivity contribution in [1.82, 2.24) is 0 Å². The van der Waals surface area contributed by atoms with Crippen LogP contribution in [-0.2, 0) is 0 Å². The van der Waals surface area contributed by atoms with Gasteiger partial charge >= 0.3 is 0 Å². The highest BCUT2D eigenvalue weighted by Crippen LogP contribution is 2.34. The Morgan fingerprint density at radius 2 is 1.10 bits per heavy atom. The van der Waals surface area contributed by atoms with Crippen molar-refractivity contribution in [3.05, 3.63) is 59.2 Å². The van der Waals surface area contributed by atoms with Gasteiger partial charge in [-0.05, 0) is 11.5 Å².